The van der Waals surface area contributed by atoms with Gasteiger partial charge < -0.3 is 14.6 Å². The highest BCUT2D eigenvalue weighted by Crippen LogP contribution is 2.22. The second-order valence-electron chi connectivity index (χ2n) is 6.21. The first-order valence-corrected chi connectivity index (χ1v) is 8.59. The topological polar surface area (TPSA) is 73.1 Å². The molecule has 3 heterocycles. The summed E-state index contributed by atoms with van der Waals surface area (Å²) in [5, 5.41) is 7.44. The number of aryl methyl sites for hydroxylation is 1. The Morgan fingerprint density at radius 3 is 2.84 bits per heavy atom. The molecule has 6 heteroatoms. The Hall–Kier alpha value is -2.73. The summed E-state index contributed by atoms with van der Waals surface area (Å²) in [6, 6.07) is 13.3. The van der Waals surface area contributed by atoms with Crippen molar-refractivity contribution in [2.45, 2.75) is 19.3 Å². The molecule has 1 N–H and O–H groups in total. The van der Waals surface area contributed by atoms with Crippen molar-refractivity contribution in [3.8, 4) is 23.0 Å². The Morgan fingerprint density at radius 2 is 2.08 bits per heavy atom. The largest absolute Gasteiger partial charge is 0.439 e. The van der Waals surface area contributed by atoms with Crippen molar-refractivity contribution in [3.05, 3.63) is 54.6 Å². The van der Waals surface area contributed by atoms with E-state index in [0.717, 1.165) is 37.2 Å². The lowest BCUT2D eigenvalue weighted by Gasteiger charge is -2.04. The van der Waals surface area contributed by atoms with Crippen LogP contribution in [-0.4, -0.2) is 28.2 Å². The zero-order chi connectivity index (χ0) is 16.9. The molecular formula is C19H20N4O2. The second kappa shape index (κ2) is 7.44. The smallest absolute Gasteiger partial charge is 0.226 e. The van der Waals surface area contributed by atoms with Crippen molar-refractivity contribution in [2.75, 3.05) is 13.1 Å². The minimum absolute atomic E-state index is 0.535. The summed E-state index contributed by atoms with van der Waals surface area (Å²) >= 11 is 0. The molecule has 0 aliphatic carbocycles. The van der Waals surface area contributed by atoms with Crippen molar-refractivity contribution in [1.29, 1.82) is 0 Å². The van der Waals surface area contributed by atoms with Crippen LogP contribution in [0, 0.1) is 5.92 Å². The zero-order valence-electron chi connectivity index (χ0n) is 13.9. The van der Waals surface area contributed by atoms with E-state index in [9.17, 15) is 0 Å². The minimum atomic E-state index is 0.535. The molecule has 6 nitrogen and oxygen atoms in total. The molecule has 25 heavy (non-hydrogen) atoms. The van der Waals surface area contributed by atoms with E-state index in [4.69, 9.17) is 9.26 Å². The van der Waals surface area contributed by atoms with Crippen LogP contribution in [0.2, 0.25) is 0 Å². The van der Waals surface area contributed by atoms with Crippen LogP contribution in [0.3, 0.4) is 0 Å². The van der Waals surface area contributed by atoms with E-state index in [0.29, 0.717) is 23.5 Å². The van der Waals surface area contributed by atoms with E-state index in [1.165, 1.54) is 6.42 Å². The summed E-state index contributed by atoms with van der Waals surface area (Å²) in [7, 11) is 0. The normalized spacial score (nSPS) is 16.9. The molecule has 1 aliphatic heterocycles. The Balaban J connectivity index is 1.38. The predicted octanol–water partition coefficient (Wildman–Crippen LogP) is 3.47. The first-order valence-electron chi connectivity index (χ1n) is 8.59. The number of pyridine rings is 1. The lowest BCUT2D eigenvalue weighted by Crippen LogP contribution is -2.09. The van der Waals surface area contributed by atoms with Gasteiger partial charge in [-0.1, -0.05) is 23.4 Å². The van der Waals surface area contributed by atoms with E-state index < -0.39 is 0 Å². The van der Waals surface area contributed by atoms with Crippen molar-refractivity contribution < 1.29 is 9.26 Å². The molecule has 1 fully saturated rings. The predicted molar refractivity (Wildman–Crippen MR) is 93.3 cm³/mol. The summed E-state index contributed by atoms with van der Waals surface area (Å²) in [4.78, 5) is 8.79. The lowest BCUT2D eigenvalue weighted by molar-refractivity contribution is 0.365. The van der Waals surface area contributed by atoms with Gasteiger partial charge >= 0.3 is 0 Å². The number of rotatable bonds is 6. The maximum atomic E-state index is 5.69. The second-order valence-corrected chi connectivity index (χ2v) is 6.21. The number of para-hydroxylation sites is 1. The third-order valence-electron chi connectivity index (χ3n) is 4.36. The molecule has 1 saturated heterocycles. The van der Waals surface area contributed by atoms with Gasteiger partial charge in [0.05, 0.1) is 0 Å². The number of aromatic nitrogens is 3. The molecule has 1 atom stereocenters. The highest BCUT2D eigenvalue weighted by molar-refractivity contribution is 5.53. The summed E-state index contributed by atoms with van der Waals surface area (Å²) in [6.45, 7) is 2.20. The monoisotopic (exact) mass is 336 g/mol. The lowest BCUT2D eigenvalue weighted by atomic mass is 10.0. The molecule has 0 amide bonds. The highest BCUT2D eigenvalue weighted by atomic mass is 16.5. The number of nitrogens with zero attached hydrogens (tertiary/aromatic N) is 3. The Labute approximate surface area is 146 Å². The Bertz CT molecular complexity index is 796. The molecule has 3 aromatic rings. The van der Waals surface area contributed by atoms with Gasteiger partial charge in [0, 0.05) is 24.2 Å². The van der Waals surface area contributed by atoms with E-state index in [1.54, 1.807) is 6.20 Å². The summed E-state index contributed by atoms with van der Waals surface area (Å²) in [5.74, 6) is 3.26. The van der Waals surface area contributed by atoms with Crippen LogP contribution in [0.1, 0.15) is 18.7 Å². The molecule has 1 aromatic carbocycles. The van der Waals surface area contributed by atoms with Crippen molar-refractivity contribution in [1.82, 2.24) is 20.4 Å². The van der Waals surface area contributed by atoms with Crippen LogP contribution in [0.15, 0.2) is 53.2 Å². The van der Waals surface area contributed by atoms with Crippen LogP contribution in [0.5, 0.6) is 11.6 Å². The van der Waals surface area contributed by atoms with E-state index >= 15 is 0 Å². The number of nitrogens with one attached hydrogen (secondary N) is 1. The maximum absolute atomic E-state index is 5.69. The highest BCUT2D eigenvalue weighted by Gasteiger charge is 2.16. The van der Waals surface area contributed by atoms with Gasteiger partial charge in [-0.2, -0.15) is 4.98 Å². The number of hydrogen-bond donors (Lipinski definition) is 1. The first-order chi connectivity index (χ1) is 12.4. The van der Waals surface area contributed by atoms with Crippen molar-refractivity contribution in [3.63, 3.8) is 0 Å². The van der Waals surface area contributed by atoms with E-state index in [1.807, 2.05) is 42.5 Å². The molecule has 128 valence electrons. The van der Waals surface area contributed by atoms with Crippen molar-refractivity contribution in [2.24, 2.45) is 5.92 Å². The van der Waals surface area contributed by atoms with Gasteiger partial charge in [-0.05, 0) is 50.0 Å². The molecule has 2 aromatic heterocycles. The van der Waals surface area contributed by atoms with E-state index in [-0.39, 0.29) is 0 Å². The molecular weight excluding hydrogens is 316 g/mol. The standard InChI is InChI=1S/C19H20N4O2/c1-2-4-16(5-3-1)24-17-9-7-15(13-21-17)19-22-18(25-23-19)8-6-14-10-11-20-12-14/h1-5,7,9,13-14,20H,6,8,10-12H2. The fourth-order valence-electron chi connectivity index (χ4n) is 2.94. The Morgan fingerprint density at radius 1 is 1.16 bits per heavy atom. The Kier molecular flexibility index (Phi) is 4.70. The summed E-state index contributed by atoms with van der Waals surface area (Å²) < 4.78 is 11.1. The number of ether oxygens (including phenoxy) is 1. The molecule has 4 rings (SSSR count). The summed E-state index contributed by atoms with van der Waals surface area (Å²) in [5.41, 5.74) is 0.818. The van der Waals surface area contributed by atoms with Gasteiger partial charge in [-0.25, -0.2) is 4.98 Å². The van der Waals surface area contributed by atoms with Gasteiger partial charge in [0.2, 0.25) is 17.6 Å². The van der Waals surface area contributed by atoms with Gasteiger partial charge in [0.1, 0.15) is 5.75 Å². The maximum Gasteiger partial charge on any atom is 0.226 e. The molecule has 0 spiro atoms. The van der Waals surface area contributed by atoms with Crippen LogP contribution < -0.4 is 10.1 Å². The van der Waals surface area contributed by atoms with Gasteiger partial charge in [-0.3, -0.25) is 0 Å². The molecule has 1 aliphatic rings. The fraction of sp³-hybridized carbons (Fsp3) is 0.316. The quantitative estimate of drug-likeness (QED) is 0.743. The molecule has 0 saturated carbocycles. The molecule has 0 bridgehead atoms. The number of benzene rings is 1. The van der Waals surface area contributed by atoms with Gasteiger partial charge in [0.15, 0.2) is 0 Å². The average molecular weight is 336 g/mol. The zero-order valence-corrected chi connectivity index (χ0v) is 13.9. The van der Waals surface area contributed by atoms with Crippen LogP contribution >= 0.6 is 0 Å². The third kappa shape index (κ3) is 4.03. The summed E-state index contributed by atoms with van der Waals surface area (Å²) in [6.07, 6.45) is 4.83. The van der Waals surface area contributed by atoms with Crippen LogP contribution in [0.4, 0.5) is 0 Å². The first kappa shape index (κ1) is 15.8. The van der Waals surface area contributed by atoms with Crippen LogP contribution in [-0.2, 0) is 6.42 Å². The number of hydrogen-bond acceptors (Lipinski definition) is 6. The van der Waals surface area contributed by atoms with Crippen LogP contribution in [0.25, 0.3) is 11.4 Å². The average Bonchev–Trinajstić information content (AvgIpc) is 3.33. The molecule has 1 unspecified atom stereocenters. The fourth-order valence-corrected chi connectivity index (χ4v) is 2.94. The minimum Gasteiger partial charge on any atom is -0.439 e. The molecule has 0 radical (unpaired) electrons. The van der Waals surface area contributed by atoms with E-state index in [2.05, 4.69) is 20.4 Å². The van der Waals surface area contributed by atoms with Gasteiger partial charge in [0.25, 0.3) is 0 Å². The van der Waals surface area contributed by atoms with Gasteiger partial charge in [-0.15, -0.1) is 0 Å². The third-order valence-corrected chi connectivity index (χ3v) is 4.36. The SMILES string of the molecule is c1ccc(Oc2ccc(-c3noc(CCC4CCNC4)n3)cn2)cc1. The van der Waals surface area contributed by atoms with Crippen molar-refractivity contribution >= 4 is 0 Å².